The number of aryl methyl sites for hydroxylation is 1. The average Bonchev–Trinajstić information content (AvgIpc) is 3.02. The number of aromatic nitrogens is 3. The van der Waals surface area contributed by atoms with E-state index in [9.17, 15) is 13.2 Å². The number of halogens is 4. The van der Waals surface area contributed by atoms with Gasteiger partial charge in [-0.15, -0.1) is 12.4 Å². The lowest BCUT2D eigenvalue weighted by Gasteiger charge is -2.33. The molecule has 0 unspecified atom stereocenters. The van der Waals surface area contributed by atoms with Crippen molar-refractivity contribution in [3.63, 3.8) is 0 Å². The van der Waals surface area contributed by atoms with E-state index in [2.05, 4.69) is 17.0 Å². The molecule has 1 saturated carbocycles. The molecule has 0 saturated heterocycles. The van der Waals surface area contributed by atoms with E-state index in [0.29, 0.717) is 18.1 Å². The van der Waals surface area contributed by atoms with Crippen LogP contribution < -0.4 is 5.73 Å². The van der Waals surface area contributed by atoms with E-state index < -0.39 is 11.7 Å². The molecular formula is C19H26ClF3N4O. The summed E-state index contributed by atoms with van der Waals surface area (Å²) in [7, 11) is 0. The van der Waals surface area contributed by atoms with Crippen LogP contribution in [-0.2, 0) is 10.9 Å². The highest BCUT2D eigenvalue weighted by Crippen LogP contribution is 2.35. The van der Waals surface area contributed by atoms with Gasteiger partial charge in [0.05, 0.1) is 17.4 Å². The molecule has 5 nitrogen and oxygen atoms in total. The first-order valence-corrected chi connectivity index (χ1v) is 9.28. The van der Waals surface area contributed by atoms with Gasteiger partial charge in [-0.2, -0.15) is 18.3 Å². The van der Waals surface area contributed by atoms with Crippen LogP contribution >= 0.6 is 12.4 Å². The Hall–Kier alpha value is -1.64. The van der Waals surface area contributed by atoms with Crippen molar-refractivity contribution in [3.8, 4) is 5.69 Å². The molecule has 0 spiro atoms. The molecule has 1 aliphatic rings. The minimum absolute atomic E-state index is 0. The Morgan fingerprint density at radius 1 is 1.21 bits per heavy atom. The van der Waals surface area contributed by atoms with Gasteiger partial charge in [0.1, 0.15) is 11.6 Å². The third-order valence-electron chi connectivity index (χ3n) is 4.92. The topological polar surface area (TPSA) is 66.0 Å². The van der Waals surface area contributed by atoms with E-state index in [1.165, 1.54) is 12.1 Å². The predicted molar refractivity (Wildman–Crippen MR) is 103 cm³/mol. The van der Waals surface area contributed by atoms with Crippen molar-refractivity contribution in [2.45, 2.75) is 63.8 Å². The van der Waals surface area contributed by atoms with Crippen LogP contribution in [0.2, 0.25) is 0 Å². The summed E-state index contributed by atoms with van der Waals surface area (Å²) in [5.41, 5.74) is 6.09. The Morgan fingerprint density at radius 3 is 2.50 bits per heavy atom. The van der Waals surface area contributed by atoms with Gasteiger partial charge in [-0.1, -0.05) is 6.92 Å². The van der Waals surface area contributed by atoms with E-state index in [-0.39, 0.29) is 30.5 Å². The number of rotatable bonds is 5. The summed E-state index contributed by atoms with van der Waals surface area (Å²) in [5.74, 6) is 1.45. The summed E-state index contributed by atoms with van der Waals surface area (Å²) in [4.78, 5) is 4.55. The van der Waals surface area contributed by atoms with Gasteiger partial charge in [0.2, 0.25) is 0 Å². The normalized spacial score (nSPS) is 22.7. The molecule has 0 aliphatic heterocycles. The summed E-state index contributed by atoms with van der Waals surface area (Å²) < 4.78 is 46.0. The highest BCUT2D eigenvalue weighted by Gasteiger charge is 2.33. The van der Waals surface area contributed by atoms with Gasteiger partial charge in [-0.3, -0.25) is 0 Å². The van der Waals surface area contributed by atoms with Crippen molar-refractivity contribution in [1.29, 1.82) is 0 Å². The van der Waals surface area contributed by atoms with Gasteiger partial charge in [0.15, 0.2) is 0 Å². The van der Waals surface area contributed by atoms with Crippen molar-refractivity contribution in [2.24, 2.45) is 5.73 Å². The van der Waals surface area contributed by atoms with Crippen molar-refractivity contribution >= 4 is 12.4 Å². The third-order valence-corrected chi connectivity index (χ3v) is 4.92. The molecule has 1 heterocycles. The number of alkyl halides is 3. The maximum absolute atomic E-state index is 12.8. The summed E-state index contributed by atoms with van der Waals surface area (Å²) in [5, 5.41) is 4.41. The number of hydrogen-bond donors (Lipinski definition) is 1. The minimum atomic E-state index is -4.36. The van der Waals surface area contributed by atoms with Gasteiger partial charge in [-0.05, 0) is 56.9 Å². The lowest BCUT2D eigenvalue weighted by molar-refractivity contribution is -0.137. The number of hydrogen-bond acceptors (Lipinski definition) is 4. The van der Waals surface area contributed by atoms with Gasteiger partial charge in [-0.25, -0.2) is 9.67 Å². The molecule has 1 aromatic heterocycles. The molecule has 156 valence electrons. The largest absolute Gasteiger partial charge is 0.416 e. The van der Waals surface area contributed by atoms with E-state index >= 15 is 0 Å². The van der Waals surface area contributed by atoms with Crippen LogP contribution in [0.3, 0.4) is 0 Å². The number of benzene rings is 1. The Bertz CT molecular complexity index is 764. The quantitative estimate of drug-likeness (QED) is 0.781. The summed E-state index contributed by atoms with van der Waals surface area (Å²) in [6.45, 7) is 4.50. The van der Waals surface area contributed by atoms with Crippen LogP contribution in [-0.4, -0.2) is 33.5 Å². The first-order chi connectivity index (χ1) is 12.8. The van der Waals surface area contributed by atoms with Crippen LogP contribution in [0.25, 0.3) is 5.69 Å². The number of nitrogens with two attached hydrogens (primary N) is 1. The zero-order valence-corrected chi connectivity index (χ0v) is 16.8. The molecular weight excluding hydrogens is 393 g/mol. The molecule has 0 bridgehead atoms. The van der Waals surface area contributed by atoms with Crippen LogP contribution in [0.1, 0.15) is 55.7 Å². The van der Waals surface area contributed by atoms with E-state index in [1.54, 1.807) is 11.6 Å². The van der Waals surface area contributed by atoms with E-state index in [4.69, 9.17) is 10.5 Å². The predicted octanol–water partition coefficient (Wildman–Crippen LogP) is 4.41. The molecule has 1 fully saturated rings. The summed E-state index contributed by atoms with van der Waals surface area (Å²) in [6, 6.07) is 5.00. The molecule has 3 atom stereocenters. The van der Waals surface area contributed by atoms with E-state index in [0.717, 1.165) is 43.6 Å². The molecule has 2 N–H and O–H groups in total. The SMILES string of the molecule is CCCO[C@H]1C[C@@H](c2nc(C)nn2-c2ccc(C(F)(F)F)cc2)CC[C@@H]1N.Cl. The standard InChI is InChI=1S/C19H25F3N4O.ClH/c1-3-10-27-17-11-13(4-9-16(17)23)18-24-12(2)25-26(18)15-7-5-14(6-8-15)19(20,21)22;/h5-8,13,16-17H,3-4,9-11,23H2,1-2H3;1H/t13-,16-,17-;/m0./s1. The molecule has 3 rings (SSSR count). The van der Waals surface area contributed by atoms with Crippen LogP contribution in [0.5, 0.6) is 0 Å². The van der Waals surface area contributed by atoms with E-state index in [1.807, 2.05) is 0 Å². The lowest BCUT2D eigenvalue weighted by Crippen LogP contribution is -2.42. The first kappa shape index (κ1) is 22.6. The fourth-order valence-corrected chi connectivity index (χ4v) is 3.53. The van der Waals surface area contributed by atoms with Crippen molar-refractivity contribution in [3.05, 3.63) is 41.5 Å². The summed E-state index contributed by atoms with van der Waals surface area (Å²) in [6.07, 6.45) is -1.07. The van der Waals surface area contributed by atoms with Gasteiger partial charge in [0, 0.05) is 18.6 Å². The van der Waals surface area contributed by atoms with Crippen molar-refractivity contribution in [2.75, 3.05) is 6.61 Å². The fourth-order valence-electron chi connectivity index (χ4n) is 3.53. The maximum atomic E-state index is 12.8. The first-order valence-electron chi connectivity index (χ1n) is 9.28. The Labute approximate surface area is 168 Å². The Morgan fingerprint density at radius 2 is 1.89 bits per heavy atom. The molecule has 9 heteroatoms. The molecule has 1 aromatic carbocycles. The zero-order chi connectivity index (χ0) is 19.6. The minimum Gasteiger partial charge on any atom is -0.377 e. The fraction of sp³-hybridized carbons (Fsp3) is 0.579. The van der Waals surface area contributed by atoms with Crippen molar-refractivity contribution < 1.29 is 17.9 Å². The zero-order valence-electron chi connectivity index (χ0n) is 15.9. The van der Waals surface area contributed by atoms with Crippen LogP contribution in [0.4, 0.5) is 13.2 Å². The second kappa shape index (κ2) is 9.24. The second-order valence-electron chi connectivity index (χ2n) is 7.06. The molecule has 1 aliphatic carbocycles. The highest BCUT2D eigenvalue weighted by molar-refractivity contribution is 5.85. The third kappa shape index (κ3) is 5.04. The number of nitrogens with zero attached hydrogens (tertiary/aromatic N) is 3. The summed E-state index contributed by atoms with van der Waals surface area (Å²) >= 11 is 0. The molecule has 28 heavy (non-hydrogen) atoms. The van der Waals surface area contributed by atoms with Gasteiger partial charge >= 0.3 is 6.18 Å². The second-order valence-corrected chi connectivity index (χ2v) is 7.06. The Kier molecular flexibility index (Phi) is 7.47. The Balaban J connectivity index is 0.00000280. The number of ether oxygens (including phenoxy) is 1. The smallest absolute Gasteiger partial charge is 0.377 e. The molecule has 0 radical (unpaired) electrons. The van der Waals surface area contributed by atoms with Crippen molar-refractivity contribution in [1.82, 2.24) is 14.8 Å². The highest BCUT2D eigenvalue weighted by atomic mass is 35.5. The molecule has 2 aromatic rings. The molecule has 0 amide bonds. The van der Waals surface area contributed by atoms with Crippen LogP contribution in [0, 0.1) is 6.92 Å². The van der Waals surface area contributed by atoms with Gasteiger partial charge in [0.25, 0.3) is 0 Å². The average molecular weight is 419 g/mol. The maximum Gasteiger partial charge on any atom is 0.416 e. The van der Waals surface area contributed by atoms with Gasteiger partial charge < -0.3 is 10.5 Å². The lowest BCUT2D eigenvalue weighted by atomic mass is 9.83. The van der Waals surface area contributed by atoms with Crippen LogP contribution in [0.15, 0.2) is 24.3 Å². The monoisotopic (exact) mass is 418 g/mol.